The fourth-order valence-electron chi connectivity index (χ4n) is 2.60. The Labute approximate surface area is 124 Å². The predicted octanol–water partition coefficient (Wildman–Crippen LogP) is 1.09. The minimum absolute atomic E-state index is 0.0352. The summed E-state index contributed by atoms with van der Waals surface area (Å²) in [5.74, 6) is -0.0352. The van der Waals surface area contributed by atoms with Gasteiger partial charge in [0.1, 0.15) is 0 Å². The van der Waals surface area contributed by atoms with Crippen LogP contribution in [0.2, 0.25) is 0 Å². The second kappa shape index (κ2) is 5.55. The number of nitrogens with zero attached hydrogens (tertiary/aromatic N) is 5. The van der Waals surface area contributed by atoms with E-state index in [1.807, 2.05) is 4.90 Å². The van der Waals surface area contributed by atoms with Crippen molar-refractivity contribution >= 4 is 11.6 Å². The standard InChI is InChI=1S/C15H19N5O/c1-12-4-3-5-13(10-12)19-6-8-20(9-7-19)15(21)14-11-18(2)17-16-14/h3-5,10-11H,6-9H2,1-2H3. The molecule has 110 valence electrons. The molecule has 0 bridgehead atoms. The van der Waals surface area contributed by atoms with Gasteiger partial charge in [-0.3, -0.25) is 9.48 Å². The first kappa shape index (κ1) is 13.6. The maximum atomic E-state index is 12.3. The van der Waals surface area contributed by atoms with Crippen LogP contribution in [-0.2, 0) is 7.05 Å². The number of piperazine rings is 1. The SMILES string of the molecule is Cc1cccc(N2CCN(C(=O)c3cn(C)nn3)CC2)c1. The molecule has 0 N–H and O–H groups in total. The maximum absolute atomic E-state index is 12.3. The van der Waals surface area contributed by atoms with Gasteiger partial charge in [-0.1, -0.05) is 17.3 Å². The number of hydrogen-bond acceptors (Lipinski definition) is 4. The molecule has 1 aromatic carbocycles. The number of rotatable bonds is 2. The van der Waals surface area contributed by atoms with Crippen LogP contribution >= 0.6 is 0 Å². The van der Waals surface area contributed by atoms with Crippen molar-refractivity contribution in [2.75, 3.05) is 31.1 Å². The third kappa shape index (κ3) is 2.89. The third-order valence-electron chi connectivity index (χ3n) is 3.76. The van der Waals surface area contributed by atoms with Gasteiger partial charge < -0.3 is 9.80 Å². The predicted molar refractivity (Wildman–Crippen MR) is 80.3 cm³/mol. The smallest absolute Gasteiger partial charge is 0.276 e. The zero-order chi connectivity index (χ0) is 14.8. The van der Waals surface area contributed by atoms with E-state index in [0.29, 0.717) is 18.8 Å². The number of carbonyl (C=O) groups is 1. The van der Waals surface area contributed by atoms with E-state index in [2.05, 4.69) is 46.4 Å². The van der Waals surface area contributed by atoms with Gasteiger partial charge in [-0.25, -0.2) is 0 Å². The van der Waals surface area contributed by atoms with Crippen LogP contribution in [0.5, 0.6) is 0 Å². The minimum Gasteiger partial charge on any atom is -0.368 e. The van der Waals surface area contributed by atoms with E-state index in [1.165, 1.54) is 11.3 Å². The van der Waals surface area contributed by atoms with Crippen molar-refractivity contribution in [1.29, 1.82) is 0 Å². The number of hydrogen-bond donors (Lipinski definition) is 0. The summed E-state index contributed by atoms with van der Waals surface area (Å²) in [6, 6.07) is 8.46. The van der Waals surface area contributed by atoms with Crippen molar-refractivity contribution in [2.24, 2.45) is 7.05 Å². The Hall–Kier alpha value is -2.37. The molecule has 1 fully saturated rings. The maximum Gasteiger partial charge on any atom is 0.276 e. The number of amides is 1. The lowest BCUT2D eigenvalue weighted by Gasteiger charge is -2.35. The third-order valence-corrected chi connectivity index (χ3v) is 3.76. The molecule has 0 atom stereocenters. The van der Waals surface area contributed by atoms with Crippen LogP contribution in [0.25, 0.3) is 0 Å². The first-order valence-electron chi connectivity index (χ1n) is 7.11. The van der Waals surface area contributed by atoms with Crippen molar-refractivity contribution in [2.45, 2.75) is 6.92 Å². The Kier molecular flexibility index (Phi) is 3.60. The molecule has 0 radical (unpaired) electrons. The average Bonchev–Trinajstić information content (AvgIpc) is 2.93. The van der Waals surface area contributed by atoms with E-state index in [9.17, 15) is 4.79 Å². The molecule has 21 heavy (non-hydrogen) atoms. The van der Waals surface area contributed by atoms with Gasteiger partial charge in [0.25, 0.3) is 5.91 Å². The summed E-state index contributed by atoms with van der Waals surface area (Å²) in [6.45, 7) is 5.20. The number of carbonyl (C=O) groups excluding carboxylic acids is 1. The number of aromatic nitrogens is 3. The molecule has 0 spiro atoms. The van der Waals surface area contributed by atoms with Gasteiger partial charge in [0.15, 0.2) is 5.69 Å². The minimum atomic E-state index is -0.0352. The van der Waals surface area contributed by atoms with Crippen molar-refractivity contribution < 1.29 is 4.79 Å². The van der Waals surface area contributed by atoms with Gasteiger partial charge >= 0.3 is 0 Å². The molecular weight excluding hydrogens is 266 g/mol. The summed E-state index contributed by atoms with van der Waals surface area (Å²) < 4.78 is 1.55. The number of benzene rings is 1. The summed E-state index contributed by atoms with van der Waals surface area (Å²) in [4.78, 5) is 16.5. The molecular formula is C15H19N5O. The van der Waals surface area contributed by atoms with Gasteiger partial charge in [-0.2, -0.15) is 0 Å². The zero-order valence-electron chi connectivity index (χ0n) is 12.4. The highest BCUT2D eigenvalue weighted by Gasteiger charge is 2.24. The molecule has 6 nitrogen and oxygen atoms in total. The average molecular weight is 285 g/mol. The lowest BCUT2D eigenvalue weighted by atomic mass is 10.2. The Morgan fingerprint density at radius 2 is 1.95 bits per heavy atom. The second-order valence-corrected chi connectivity index (χ2v) is 5.40. The van der Waals surface area contributed by atoms with Gasteiger partial charge in [-0.05, 0) is 24.6 Å². The van der Waals surface area contributed by atoms with E-state index >= 15 is 0 Å². The largest absolute Gasteiger partial charge is 0.368 e. The monoisotopic (exact) mass is 285 g/mol. The number of aryl methyl sites for hydroxylation is 2. The molecule has 2 aromatic rings. The molecule has 6 heteroatoms. The molecule has 0 unspecified atom stereocenters. The summed E-state index contributed by atoms with van der Waals surface area (Å²) in [6.07, 6.45) is 1.66. The highest BCUT2D eigenvalue weighted by Crippen LogP contribution is 2.18. The summed E-state index contributed by atoms with van der Waals surface area (Å²) in [5, 5.41) is 7.70. The van der Waals surface area contributed by atoms with Crippen LogP contribution in [-0.4, -0.2) is 52.0 Å². The second-order valence-electron chi connectivity index (χ2n) is 5.40. The Morgan fingerprint density at radius 3 is 2.57 bits per heavy atom. The summed E-state index contributed by atoms with van der Waals surface area (Å²) in [7, 11) is 1.76. The van der Waals surface area contributed by atoms with Crippen molar-refractivity contribution in [1.82, 2.24) is 19.9 Å². The van der Waals surface area contributed by atoms with Crippen LogP contribution < -0.4 is 4.90 Å². The lowest BCUT2D eigenvalue weighted by Crippen LogP contribution is -2.48. The Balaban J connectivity index is 1.64. The topological polar surface area (TPSA) is 54.3 Å². The van der Waals surface area contributed by atoms with Crippen LogP contribution in [0.4, 0.5) is 5.69 Å². The van der Waals surface area contributed by atoms with Crippen LogP contribution in [0.3, 0.4) is 0 Å². The van der Waals surface area contributed by atoms with E-state index in [1.54, 1.807) is 17.9 Å². The van der Waals surface area contributed by atoms with Crippen molar-refractivity contribution in [3.05, 3.63) is 41.7 Å². The Bertz CT molecular complexity index is 643. The molecule has 1 amide bonds. The lowest BCUT2D eigenvalue weighted by molar-refractivity contribution is 0.0740. The van der Waals surface area contributed by atoms with Crippen LogP contribution in [0.15, 0.2) is 30.5 Å². The molecule has 1 aliphatic heterocycles. The molecule has 0 aliphatic carbocycles. The van der Waals surface area contributed by atoms with Crippen LogP contribution in [0.1, 0.15) is 16.1 Å². The highest BCUT2D eigenvalue weighted by atomic mass is 16.2. The fourth-order valence-corrected chi connectivity index (χ4v) is 2.60. The van der Waals surface area contributed by atoms with E-state index < -0.39 is 0 Å². The molecule has 3 rings (SSSR count). The molecule has 1 saturated heterocycles. The molecule has 1 aliphatic rings. The zero-order valence-corrected chi connectivity index (χ0v) is 12.4. The first-order chi connectivity index (χ1) is 10.1. The fraction of sp³-hybridized carbons (Fsp3) is 0.400. The summed E-state index contributed by atoms with van der Waals surface area (Å²) in [5.41, 5.74) is 2.90. The van der Waals surface area contributed by atoms with E-state index in [4.69, 9.17) is 0 Å². The molecule has 1 aromatic heterocycles. The van der Waals surface area contributed by atoms with E-state index in [0.717, 1.165) is 13.1 Å². The first-order valence-corrected chi connectivity index (χ1v) is 7.11. The normalized spacial score (nSPS) is 15.3. The Morgan fingerprint density at radius 1 is 1.19 bits per heavy atom. The van der Waals surface area contributed by atoms with Gasteiger partial charge in [0.05, 0.1) is 6.20 Å². The highest BCUT2D eigenvalue weighted by molar-refractivity contribution is 5.92. The van der Waals surface area contributed by atoms with Gasteiger partial charge in [-0.15, -0.1) is 5.10 Å². The quantitative estimate of drug-likeness (QED) is 0.829. The van der Waals surface area contributed by atoms with Crippen LogP contribution in [0, 0.1) is 6.92 Å². The molecule has 0 saturated carbocycles. The van der Waals surface area contributed by atoms with Crippen molar-refractivity contribution in [3.63, 3.8) is 0 Å². The van der Waals surface area contributed by atoms with E-state index in [-0.39, 0.29) is 5.91 Å². The van der Waals surface area contributed by atoms with Gasteiger partial charge in [0.2, 0.25) is 0 Å². The molecule has 2 heterocycles. The van der Waals surface area contributed by atoms with Crippen molar-refractivity contribution in [3.8, 4) is 0 Å². The van der Waals surface area contributed by atoms with Gasteiger partial charge in [0, 0.05) is 38.9 Å². The number of anilines is 1. The summed E-state index contributed by atoms with van der Waals surface area (Å²) >= 11 is 0.